The molecular weight excluding hydrogens is 230 g/mol. The van der Waals surface area contributed by atoms with Crippen LogP contribution in [-0.4, -0.2) is 36.0 Å². The molecule has 0 unspecified atom stereocenters. The lowest BCUT2D eigenvalue weighted by molar-refractivity contribution is -0.385. The van der Waals surface area contributed by atoms with Crippen LogP contribution in [0, 0.1) is 17.0 Å². The van der Waals surface area contributed by atoms with E-state index in [1.54, 1.807) is 19.1 Å². The monoisotopic (exact) mass is 249 g/mol. The molecule has 0 radical (unpaired) electrons. The van der Waals surface area contributed by atoms with Gasteiger partial charge in [0.25, 0.3) is 5.69 Å². The highest BCUT2D eigenvalue weighted by Gasteiger charge is 2.17. The van der Waals surface area contributed by atoms with Gasteiger partial charge in [-0.05, 0) is 52.0 Å². The third kappa shape index (κ3) is 2.98. The van der Waals surface area contributed by atoms with E-state index in [0.717, 1.165) is 31.6 Å². The van der Waals surface area contributed by atoms with Crippen LogP contribution < -0.4 is 5.32 Å². The van der Waals surface area contributed by atoms with E-state index in [-0.39, 0.29) is 10.6 Å². The Balaban J connectivity index is 2.02. The van der Waals surface area contributed by atoms with E-state index in [9.17, 15) is 10.1 Å². The zero-order valence-electron chi connectivity index (χ0n) is 10.8. The van der Waals surface area contributed by atoms with E-state index in [0.29, 0.717) is 11.6 Å². The van der Waals surface area contributed by atoms with E-state index < -0.39 is 0 Å². The summed E-state index contributed by atoms with van der Waals surface area (Å²) in [5, 5.41) is 14.2. The van der Waals surface area contributed by atoms with Gasteiger partial charge < -0.3 is 10.2 Å². The summed E-state index contributed by atoms with van der Waals surface area (Å²) in [4.78, 5) is 12.7. The van der Waals surface area contributed by atoms with Gasteiger partial charge in [0.1, 0.15) is 0 Å². The minimum absolute atomic E-state index is 0.184. The van der Waals surface area contributed by atoms with Crippen molar-refractivity contribution in [2.24, 2.45) is 0 Å². The molecule has 1 saturated heterocycles. The maximum absolute atomic E-state index is 10.7. The molecule has 1 aliphatic heterocycles. The molecule has 0 spiro atoms. The molecule has 0 aliphatic carbocycles. The van der Waals surface area contributed by atoms with Crippen molar-refractivity contribution in [3.05, 3.63) is 33.9 Å². The Bertz CT molecular complexity index is 440. The van der Waals surface area contributed by atoms with E-state index in [2.05, 4.69) is 17.3 Å². The number of nitrogens with one attached hydrogen (secondary N) is 1. The number of likely N-dealkylation sites (tertiary alicyclic amines) is 1. The fraction of sp³-hybridized carbons (Fsp3) is 0.538. The van der Waals surface area contributed by atoms with E-state index >= 15 is 0 Å². The molecule has 0 bridgehead atoms. The highest BCUT2D eigenvalue weighted by molar-refractivity contribution is 5.54. The molecule has 1 aromatic carbocycles. The molecule has 5 nitrogen and oxygen atoms in total. The first-order valence-electron chi connectivity index (χ1n) is 6.26. The average Bonchev–Trinajstić information content (AvgIpc) is 2.32. The quantitative estimate of drug-likeness (QED) is 0.660. The Kier molecular flexibility index (Phi) is 3.81. The molecule has 0 amide bonds. The molecule has 2 rings (SSSR count). The Morgan fingerprint density at radius 2 is 2.06 bits per heavy atom. The first kappa shape index (κ1) is 12.8. The fourth-order valence-corrected chi connectivity index (χ4v) is 2.34. The van der Waals surface area contributed by atoms with Gasteiger partial charge in [0.15, 0.2) is 0 Å². The summed E-state index contributed by atoms with van der Waals surface area (Å²) in [5.41, 5.74) is 1.87. The highest BCUT2D eigenvalue weighted by atomic mass is 16.6. The maximum atomic E-state index is 10.7. The van der Waals surface area contributed by atoms with Crippen LogP contribution >= 0.6 is 0 Å². The molecule has 0 aromatic heterocycles. The summed E-state index contributed by atoms with van der Waals surface area (Å²) in [6.07, 6.45) is 2.24. The second-order valence-corrected chi connectivity index (χ2v) is 4.98. The maximum Gasteiger partial charge on any atom is 0.272 e. The molecule has 1 aliphatic rings. The van der Waals surface area contributed by atoms with Crippen LogP contribution in [0.1, 0.15) is 18.4 Å². The van der Waals surface area contributed by atoms with Crippen molar-refractivity contribution >= 4 is 11.4 Å². The Morgan fingerprint density at radius 3 is 2.61 bits per heavy atom. The summed E-state index contributed by atoms with van der Waals surface area (Å²) >= 11 is 0. The Labute approximate surface area is 107 Å². The molecule has 5 heteroatoms. The standard InChI is InChI=1S/C13H19N3O2/c1-10-9-12(3-4-13(10)16(17)18)14-11-5-7-15(2)8-6-11/h3-4,9,11,14H,5-8H2,1-2H3. The van der Waals surface area contributed by atoms with Crippen molar-refractivity contribution in [3.63, 3.8) is 0 Å². The van der Waals surface area contributed by atoms with Gasteiger partial charge in [-0.25, -0.2) is 0 Å². The van der Waals surface area contributed by atoms with Crippen molar-refractivity contribution in [3.8, 4) is 0 Å². The topological polar surface area (TPSA) is 58.4 Å². The van der Waals surface area contributed by atoms with Gasteiger partial charge >= 0.3 is 0 Å². The van der Waals surface area contributed by atoms with E-state index in [1.807, 2.05) is 6.07 Å². The third-order valence-corrected chi connectivity index (χ3v) is 3.48. The Morgan fingerprint density at radius 1 is 1.39 bits per heavy atom. The number of piperidine rings is 1. The molecule has 1 heterocycles. The number of rotatable bonds is 3. The van der Waals surface area contributed by atoms with Gasteiger partial charge in [0.05, 0.1) is 4.92 Å². The van der Waals surface area contributed by atoms with Crippen molar-refractivity contribution in [1.82, 2.24) is 4.90 Å². The van der Waals surface area contributed by atoms with E-state index in [1.165, 1.54) is 0 Å². The lowest BCUT2D eigenvalue weighted by Crippen LogP contribution is -2.36. The summed E-state index contributed by atoms with van der Waals surface area (Å²) in [7, 11) is 2.13. The number of nitro benzene ring substituents is 1. The molecule has 1 fully saturated rings. The minimum atomic E-state index is -0.339. The highest BCUT2D eigenvalue weighted by Crippen LogP contribution is 2.23. The van der Waals surface area contributed by atoms with Gasteiger partial charge in [-0.2, -0.15) is 0 Å². The van der Waals surface area contributed by atoms with Crippen LogP contribution in [0.4, 0.5) is 11.4 Å². The van der Waals surface area contributed by atoms with Crippen LogP contribution in [0.5, 0.6) is 0 Å². The number of nitro groups is 1. The molecule has 18 heavy (non-hydrogen) atoms. The summed E-state index contributed by atoms with van der Waals surface area (Å²) in [5.74, 6) is 0. The lowest BCUT2D eigenvalue weighted by atomic mass is 10.0. The average molecular weight is 249 g/mol. The molecule has 1 N–H and O–H groups in total. The third-order valence-electron chi connectivity index (χ3n) is 3.48. The van der Waals surface area contributed by atoms with Crippen molar-refractivity contribution in [2.45, 2.75) is 25.8 Å². The molecular formula is C13H19N3O2. The van der Waals surface area contributed by atoms with Crippen LogP contribution in [-0.2, 0) is 0 Å². The Hall–Kier alpha value is -1.62. The predicted octanol–water partition coefficient (Wildman–Crippen LogP) is 2.41. The minimum Gasteiger partial charge on any atom is -0.382 e. The number of benzene rings is 1. The number of hydrogen-bond acceptors (Lipinski definition) is 4. The second kappa shape index (κ2) is 5.35. The van der Waals surface area contributed by atoms with E-state index in [4.69, 9.17) is 0 Å². The molecule has 0 atom stereocenters. The zero-order valence-corrected chi connectivity index (χ0v) is 10.8. The zero-order chi connectivity index (χ0) is 13.1. The van der Waals surface area contributed by atoms with Gasteiger partial charge in [-0.1, -0.05) is 0 Å². The lowest BCUT2D eigenvalue weighted by Gasteiger charge is -2.30. The van der Waals surface area contributed by atoms with Gasteiger partial charge in [-0.15, -0.1) is 0 Å². The number of anilines is 1. The number of hydrogen-bond donors (Lipinski definition) is 1. The molecule has 0 saturated carbocycles. The normalized spacial score (nSPS) is 17.7. The fourth-order valence-electron chi connectivity index (χ4n) is 2.34. The van der Waals surface area contributed by atoms with Gasteiger partial charge in [-0.3, -0.25) is 10.1 Å². The second-order valence-electron chi connectivity index (χ2n) is 4.98. The van der Waals surface area contributed by atoms with Crippen LogP contribution in [0.15, 0.2) is 18.2 Å². The number of nitrogens with zero attached hydrogens (tertiary/aromatic N) is 2. The number of aryl methyl sites for hydroxylation is 1. The molecule has 1 aromatic rings. The van der Waals surface area contributed by atoms with Gasteiger partial charge in [0, 0.05) is 23.4 Å². The first-order chi connectivity index (χ1) is 8.56. The van der Waals surface area contributed by atoms with Crippen molar-refractivity contribution < 1.29 is 4.92 Å². The summed E-state index contributed by atoms with van der Waals surface area (Å²) in [6, 6.07) is 5.70. The summed E-state index contributed by atoms with van der Waals surface area (Å²) in [6.45, 7) is 3.98. The van der Waals surface area contributed by atoms with Gasteiger partial charge in [0.2, 0.25) is 0 Å². The largest absolute Gasteiger partial charge is 0.382 e. The smallest absolute Gasteiger partial charge is 0.272 e. The molecule has 98 valence electrons. The van der Waals surface area contributed by atoms with Crippen LogP contribution in [0.25, 0.3) is 0 Å². The van der Waals surface area contributed by atoms with Crippen molar-refractivity contribution in [1.29, 1.82) is 0 Å². The van der Waals surface area contributed by atoms with Crippen LogP contribution in [0.3, 0.4) is 0 Å². The predicted molar refractivity (Wildman–Crippen MR) is 72.0 cm³/mol. The first-order valence-corrected chi connectivity index (χ1v) is 6.26. The SMILES string of the molecule is Cc1cc(NC2CCN(C)CC2)ccc1[N+](=O)[O-]. The van der Waals surface area contributed by atoms with Crippen molar-refractivity contribution in [2.75, 3.05) is 25.5 Å². The van der Waals surface area contributed by atoms with Crippen LogP contribution in [0.2, 0.25) is 0 Å². The summed E-state index contributed by atoms with van der Waals surface area (Å²) < 4.78 is 0.